The van der Waals surface area contributed by atoms with Crippen LogP contribution in [0.1, 0.15) is 44.6 Å². The van der Waals surface area contributed by atoms with Crippen LogP contribution < -0.4 is 10.6 Å². The lowest BCUT2D eigenvalue weighted by Gasteiger charge is -2.39. The smallest absolute Gasteiger partial charge is 0.257 e. The Bertz CT molecular complexity index is 707. The molecule has 4 nitrogen and oxygen atoms in total. The Hall–Kier alpha value is -1.46. The molecule has 3 rings (SSSR count). The topological polar surface area (TPSA) is 58.2 Å². The van der Waals surface area contributed by atoms with Gasteiger partial charge in [-0.2, -0.15) is 0 Å². The van der Waals surface area contributed by atoms with Crippen LogP contribution in [0.15, 0.2) is 29.2 Å². The van der Waals surface area contributed by atoms with Gasteiger partial charge >= 0.3 is 0 Å². The predicted octanol–water partition coefficient (Wildman–Crippen LogP) is 4.00. The van der Waals surface area contributed by atoms with Crippen LogP contribution in [0.5, 0.6) is 0 Å². The van der Waals surface area contributed by atoms with Crippen molar-refractivity contribution >= 4 is 41.3 Å². The van der Waals surface area contributed by atoms with Crippen molar-refractivity contribution in [1.29, 1.82) is 0 Å². The van der Waals surface area contributed by atoms with Crippen molar-refractivity contribution in [1.82, 2.24) is 10.6 Å². The van der Waals surface area contributed by atoms with E-state index in [2.05, 4.69) is 17.6 Å². The molecule has 0 bridgehead atoms. The number of hydrogen-bond acceptors (Lipinski definition) is 3. The summed E-state index contributed by atoms with van der Waals surface area (Å²) in [5.74, 6) is 0.0900. The fourth-order valence-electron chi connectivity index (χ4n) is 3.51. The minimum atomic E-state index is -0.0525. The van der Waals surface area contributed by atoms with Gasteiger partial charge in [0, 0.05) is 28.8 Å². The third-order valence-electron chi connectivity index (χ3n) is 4.95. The second kappa shape index (κ2) is 8.96. The highest BCUT2D eigenvalue weighted by atomic mass is 35.5. The molecule has 1 aromatic carbocycles. The molecular formula is C20H25ClN2O2S. The quantitative estimate of drug-likeness (QED) is 0.588. The highest BCUT2D eigenvalue weighted by Crippen LogP contribution is 2.40. The first-order chi connectivity index (χ1) is 12.6. The molecule has 2 amide bonds. The van der Waals surface area contributed by atoms with E-state index in [9.17, 15) is 9.59 Å². The fraction of sp³-hybridized carbons (Fsp3) is 0.500. The van der Waals surface area contributed by atoms with E-state index >= 15 is 0 Å². The molecule has 0 radical (unpaired) electrons. The lowest BCUT2D eigenvalue weighted by atomic mass is 9.84. The molecule has 26 heavy (non-hydrogen) atoms. The van der Waals surface area contributed by atoms with E-state index in [0.717, 1.165) is 49.1 Å². The summed E-state index contributed by atoms with van der Waals surface area (Å²) in [6.45, 7) is 2.86. The number of halogens is 1. The van der Waals surface area contributed by atoms with Gasteiger partial charge in [0.15, 0.2) is 0 Å². The summed E-state index contributed by atoms with van der Waals surface area (Å²) in [7, 11) is 0. The van der Waals surface area contributed by atoms with E-state index in [1.807, 2.05) is 30.3 Å². The van der Waals surface area contributed by atoms with Crippen LogP contribution in [0.4, 0.5) is 0 Å². The zero-order valence-electron chi connectivity index (χ0n) is 15.0. The average Bonchev–Trinajstić information content (AvgIpc) is 2.62. The first kappa shape index (κ1) is 19.3. The summed E-state index contributed by atoms with van der Waals surface area (Å²) in [5.41, 5.74) is 0.928. The third-order valence-corrected chi connectivity index (χ3v) is 6.61. The van der Waals surface area contributed by atoms with E-state index in [-0.39, 0.29) is 23.8 Å². The molecule has 1 aromatic rings. The fourth-order valence-corrected chi connectivity index (χ4v) is 5.00. The minimum Gasteiger partial charge on any atom is -0.356 e. The molecule has 2 aliphatic rings. The van der Waals surface area contributed by atoms with Crippen LogP contribution >= 0.6 is 23.4 Å². The standard InChI is InChI=1S/C20H25ClN2O2S/c1-2-3-9-22-19(24)14-7-8-17-16(12-14)23-20(25)18(26-17)11-13-5-4-6-15(21)10-13/h4-6,10-11,14,16-17H,2-3,7-9,12H2,1H3,(H,22,24)(H,23,25)/b18-11+. The largest absolute Gasteiger partial charge is 0.356 e. The number of benzene rings is 1. The van der Waals surface area contributed by atoms with Crippen molar-refractivity contribution in [3.8, 4) is 0 Å². The van der Waals surface area contributed by atoms with Gasteiger partial charge in [-0.05, 0) is 49.5 Å². The molecular weight excluding hydrogens is 368 g/mol. The van der Waals surface area contributed by atoms with E-state index in [1.54, 1.807) is 11.8 Å². The Morgan fingerprint density at radius 2 is 2.27 bits per heavy atom. The molecule has 1 saturated carbocycles. The highest BCUT2D eigenvalue weighted by molar-refractivity contribution is 8.04. The number of nitrogens with one attached hydrogen (secondary N) is 2. The number of rotatable bonds is 5. The first-order valence-electron chi connectivity index (χ1n) is 9.29. The van der Waals surface area contributed by atoms with Crippen molar-refractivity contribution in [2.75, 3.05) is 6.54 Å². The second-order valence-corrected chi connectivity index (χ2v) is 8.67. The van der Waals surface area contributed by atoms with Gasteiger partial charge in [0.2, 0.25) is 5.91 Å². The van der Waals surface area contributed by atoms with Crippen molar-refractivity contribution in [3.05, 3.63) is 39.8 Å². The van der Waals surface area contributed by atoms with Gasteiger partial charge in [0.1, 0.15) is 0 Å². The zero-order chi connectivity index (χ0) is 18.5. The summed E-state index contributed by atoms with van der Waals surface area (Å²) in [5, 5.41) is 7.13. The molecule has 1 aliphatic heterocycles. The molecule has 0 spiro atoms. The number of hydrogen-bond donors (Lipinski definition) is 2. The van der Waals surface area contributed by atoms with Crippen molar-refractivity contribution in [2.24, 2.45) is 5.92 Å². The van der Waals surface area contributed by atoms with Crippen LogP contribution in [0.3, 0.4) is 0 Å². The molecule has 140 valence electrons. The summed E-state index contributed by atoms with van der Waals surface area (Å²) in [4.78, 5) is 25.5. The Morgan fingerprint density at radius 3 is 3.04 bits per heavy atom. The average molecular weight is 393 g/mol. The van der Waals surface area contributed by atoms with Crippen molar-refractivity contribution in [2.45, 2.75) is 50.3 Å². The molecule has 2 fully saturated rings. The van der Waals surface area contributed by atoms with Gasteiger partial charge in [-0.25, -0.2) is 0 Å². The van der Waals surface area contributed by atoms with Gasteiger partial charge in [0.05, 0.1) is 4.91 Å². The van der Waals surface area contributed by atoms with Crippen LogP contribution in [0.25, 0.3) is 6.08 Å². The maximum atomic E-state index is 12.5. The molecule has 3 unspecified atom stereocenters. The summed E-state index contributed by atoms with van der Waals surface area (Å²) in [6, 6.07) is 7.56. The molecule has 2 N–H and O–H groups in total. The predicted molar refractivity (Wildman–Crippen MR) is 108 cm³/mol. The molecule has 1 heterocycles. The molecule has 1 aliphatic carbocycles. The third kappa shape index (κ3) is 4.83. The van der Waals surface area contributed by atoms with E-state index in [0.29, 0.717) is 10.3 Å². The van der Waals surface area contributed by atoms with Crippen LogP contribution in [0, 0.1) is 5.92 Å². The Balaban J connectivity index is 1.61. The van der Waals surface area contributed by atoms with Crippen molar-refractivity contribution in [3.63, 3.8) is 0 Å². The highest BCUT2D eigenvalue weighted by Gasteiger charge is 2.39. The van der Waals surface area contributed by atoms with Crippen LogP contribution in [-0.2, 0) is 9.59 Å². The number of carbonyl (C=O) groups is 2. The van der Waals surface area contributed by atoms with Gasteiger partial charge in [-0.3, -0.25) is 9.59 Å². The normalized spacial score (nSPS) is 26.9. The maximum Gasteiger partial charge on any atom is 0.257 e. The lowest BCUT2D eigenvalue weighted by molar-refractivity contribution is -0.127. The van der Waals surface area contributed by atoms with E-state index in [4.69, 9.17) is 11.6 Å². The van der Waals surface area contributed by atoms with Gasteiger partial charge in [0.25, 0.3) is 5.91 Å². The molecule has 0 aromatic heterocycles. The summed E-state index contributed by atoms with van der Waals surface area (Å²) < 4.78 is 0. The van der Waals surface area contributed by atoms with Crippen LogP contribution in [-0.4, -0.2) is 29.7 Å². The van der Waals surface area contributed by atoms with E-state index in [1.165, 1.54) is 0 Å². The van der Waals surface area contributed by atoms with Gasteiger partial charge in [-0.15, -0.1) is 11.8 Å². The van der Waals surface area contributed by atoms with E-state index < -0.39 is 0 Å². The van der Waals surface area contributed by atoms with Gasteiger partial charge < -0.3 is 10.6 Å². The summed E-state index contributed by atoms with van der Waals surface area (Å²) in [6.07, 6.45) is 6.52. The number of thioether (sulfide) groups is 1. The SMILES string of the molecule is CCCCNC(=O)C1CCC2S/C(=C/c3cccc(Cl)c3)C(=O)NC2C1. The molecule has 1 saturated heterocycles. The minimum absolute atomic E-state index is 0.00691. The first-order valence-corrected chi connectivity index (χ1v) is 10.5. The van der Waals surface area contributed by atoms with Gasteiger partial charge in [-0.1, -0.05) is 37.1 Å². The molecule has 6 heteroatoms. The second-order valence-electron chi connectivity index (χ2n) is 6.95. The number of fused-ring (bicyclic) bond motifs is 1. The monoisotopic (exact) mass is 392 g/mol. The maximum absolute atomic E-state index is 12.5. The number of unbranched alkanes of at least 4 members (excludes halogenated alkanes) is 1. The Morgan fingerprint density at radius 1 is 1.42 bits per heavy atom. The Labute approximate surface area is 164 Å². The lowest BCUT2D eigenvalue weighted by Crippen LogP contribution is -2.51. The number of amides is 2. The summed E-state index contributed by atoms with van der Waals surface area (Å²) >= 11 is 7.66. The van der Waals surface area contributed by atoms with Crippen molar-refractivity contribution < 1.29 is 9.59 Å². The Kier molecular flexibility index (Phi) is 6.65. The zero-order valence-corrected chi connectivity index (χ0v) is 16.5. The molecule has 3 atom stereocenters. The number of carbonyl (C=O) groups excluding carboxylic acids is 2. The van der Waals surface area contributed by atoms with Crippen LogP contribution in [0.2, 0.25) is 5.02 Å².